The highest BCUT2D eigenvalue weighted by Crippen LogP contribution is 2.21. The standard InChI is InChI=1S/C6H7BrN4OS/c7-3-1-4(12)11(2-3)5-8-6(13)10-9-5/h3H,1-2H2,(H2,8,9,10,13). The molecule has 1 aliphatic rings. The number of hydrogen-bond acceptors (Lipinski definition) is 3. The summed E-state index contributed by atoms with van der Waals surface area (Å²) < 4.78 is 0.362. The summed E-state index contributed by atoms with van der Waals surface area (Å²) in [4.78, 5) is 17.1. The molecule has 0 aliphatic carbocycles. The number of aromatic amines is 2. The second-order valence-electron chi connectivity index (χ2n) is 2.80. The van der Waals surface area contributed by atoms with E-state index in [0.717, 1.165) is 0 Å². The molecule has 2 N–H and O–H groups in total. The van der Waals surface area contributed by atoms with Crippen molar-refractivity contribution in [3.63, 3.8) is 0 Å². The first-order valence-corrected chi connectivity index (χ1v) is 5.08. The summed E-state index contributed by atoms with van der Waals surface area (Å²) in [7, 11) is 0. The molecule has 0 spiro atoms. The van der Waals surface area contributed by atoms with Crippen LogP contribution in [0.25, 0.3) is 0 Å². The third kappa shape index (κ3) is 1.66. The molecule has 1 atom stereocenters. The van der Waals surface area contributed by atoms with Gasteiger partial charge in [-0.05, 0) is 12.2 Å². The van der Waals surface area contributed by atoms with Crippen molar-refractivity contribution in [1.29, 1.82) is 0 Å². The van der Waals surface area contributed by atoms with E-state index in [1.54, 1.807) is 4.90 Å². The Morgan fingerprint density at radius 1 is 1.62 bits per heavy atom. The number of nitrogens with zero attached hydrogens (tertiary/aromatic N) is 2. The van der Waals surface area contributed by atoms with Crippen molar-refractivity contribution in [2.45, 2.75) is 11.2 Å². The molecular formula is C6H7BrN4OS. The van der Waals surface area contributed by atoms with Crippen molar-refractivity contribution in [3.05, 3.63) is 4.77 Å². The summed E-state index contributed by atoms with van der Waals surface area (Å²) in [6, 6.07) is 0. The number of rotatable bonds is 1. The zero-order valence-corrected chi connectivity index (χ0v) is 8.98. The Balaban J connectivity index is 2.27. The van der Waals surface area contributed by atoms with Crippen molar-refractivity contribution in [2.24, 2.45) is 0 Å². The predicted octanol–water partition coefficient (Wildman–Crippen LogP) is 0.967. The van der Waals surface area contributed by atoms with Gasteiger partial charge in [-0.3, -0.25) is 19.9 Å². The molecule has 1 unspecified atom stereocenters. The van der Waals surface area contributed by atoms with Gasteiger partial charge in [-0.25, -0.2) is 0 Å². The summed E-state index contributed by atoms with van der Waals surface area (Å²) in [6.45, 7) is 0.634. The molecule has 70 valence electrons. The van der Waals surface area contributed by atoms with Gasteiger partial charge in [0.15, 0.2) is 0 Å². The zero-order chi connectivity index (χ0) is 9.42. The van der Waals surface area contributed by atoms with Crippen LogP contribution in [0.15, 0.2) is 0 Å². The van der Waals surface area contributed by atoms with Crippen molar-refractivity contribution in [3.8, 4) is 0 Å². The fraction of sp³-hybridized carbons (Fsp3) is 0.500. The SMILES string of the molecule is O=C1CC(Br)CN1c1nc(=S)[nH][nH]1. The van der Waals surface area contributed by atoms with Gasteiger partial charge in [-0.2, -0.15) is 4.98 Å². The zero-order valence-electron chi connectivity index (χ0n) is 6.58. The summed E-state index contributed by atoms with van der Waals surface area (Å²) >= 11 is 8.17. The number of halogens is 1. The Morgan fingerprint density at radius 2 is 2.38 bits per heavy atom. The fourth-order valence-electron chi connectivity index (χ4n) is 1.26. The second-order valence-corrected chi connectivity index (χ2v) is 4.48. The lowest BCUT2D eigenvalue weighted by atomic mass is 10.4. The lowest BCUT2D eigenvalue weighted by molar-refractivity contribution is -0.117. The molecule has 13 heavy (non-hydrogen) atoms. The van der Waals surface area contributed by atoms with E-state index in [-0.39, 0.29) is 10.7 Å². The molecule has 1 saturated heterocycles. The second kappa shape index (κ2) is 3.22. The first-order chi connectivity index (χ1) is 6.16. The minimum absolute atomic E-state index is 0.0552. The quantitative estimate of drug-likeness (QED) is 0.586. The highest BCUT2D eigenvalue weighted by atomic mass is 79.9. The molecule has 0 bridgehead atoms. The number of anilines is 1. The largest absolute Gasteiger partial charge is 0.280 e. The number of carbonyl (C=O) groups excluding carboxylic acids is 1. The monoisotopic (exact) mass is 262 g/mol. The van der Waals surface area contributed by atoms with Crippen LogP contribution in [0.2, 0.25) is 0 Å². The molecule has 1 aromatic heterocycles. The number of aromatic nitrogens is 3. The summed E-state index contributed by atoms with van der Waals surface area (Å²) in [6.07, 6.45) is 0.507. The summed E-state index contributed by atoms with van der Waals surface area (Å²) in [5, 5.41) is 5.39. The van der Waals surface area contributed by atoms with Gasteiger partial charge >= 0.3 is 0 Å². The van der Waals surface area contributed by atoms with Gasteiger partial charge in [0.1, 0.15) is 0 Å². The molecule has 0 aromatic carbocycles. The first-order valence-electron chi connectivity index (χ1n) is 3.76. The van der Waals surface area contributed by atoms with Crippen LogP contribution in [0.5, 0.6) is 0 Å². The predicted molar refractivity (Wildman–Crippen MR) is 53.5 cm³/mol. The molecule has 1 amide bonds. The summed E-state index contributed by atoms with van der Waals surface area (Å²) in [5.74, 6) is 0.552. The Kier molecular flexibility index (Phi) is 2.20. The smallest absolute Gasteiger partial charge is 0.230 e. The van der Waals surface area contributed by atoms with Crippen LogP contribution in [0, 0.1) is 4.77 Å². The maximum Gasteiger partial charge on any atom is 0.230 e. The van der Waals surface area contributed by atoms with Crippen LogP contribution >= 0.6 is 28.1 Å². The van der Waals surface area contributed by atoms with E-state index in [9.17, 15) is 4.79 Å². The van der Waals surface area contributed by atoms with E-state index in [1.165, 1.54) is 0 Å². The highest BCUT2D eigenvalue weighted by Gasteiger charge is 2.30. The third-order valence-corrected chi connectivity index (χ3v) is 2.63. The molecule has 1 aromatic rings. The van der Waals surface area contributed by atoms with Crippen LogP contribution in [0.1, 0.15) is 6.42 Å². The Morgan fingerprint density at radius 3 is 2.85 bits per heavy atom. The van der Waals surface area contributed by atoms with Crippen molar-refractivity contribution in [2.75, 3.05) is 11.4 Å². The molecule has 2 rings (SSSR count). The van der Waals surface area contributed by atoms with E-state index in [1.807, 2.05) is 0 Å². The number of H-pyrrole nitrogens is 2. The first kappa shape index (κ1) is 8.89. The van der Waals surface area contributed by atoms with Crippen LogP contribution in [0.3, 0.4) is 0 Å². The van der Waals surface area contributed by atoms with Crippen molar-refractivity contribution in [1.82, 2.24) is 15.2 Å². The minimum Gasteiger partial charge on any atom is -0.280 e. The maximum absolute atomic E-state index is 11.4. The number of amides is 1. The minimum atomic E-state index is 0.0552. The molecular weight excluding hydrogens is 256 g/mol. The molecule has 2 heterocycles. The van der Waals surface area contributed by atoms with E-state index in [4.69, 9.17) is 12.2 Å². The third-order valence-electron chi connectivity index (χ3n) is 1.82. The fourth-order valence-corrected chi connectivity index (χ4v) is 1.96. The van der Waals surface area contributed by atoms with Gasteiger partial charge in [0.25, 0.3) is 0 Å². The van der Waals surface area contributed by atoms with Gasteiger partial charge in [0, 0.05) is 17.8 Å². The lowest BCUT2D eigenvalue weighted by Crippen LogP contribution is -2.25. The molecule has 5 nitrogen and oxygen atoms in total. The molecule has 0 radical (unpaired) electrons. The molecule has 1 aliphatic heterocycles. The number of hydrogen-bond donors (Lipinski definition) is 2. The topological polar surface area (TPSA) is 64.8 Å². The van der Waals surface area contributed by atoms with E-state index < -0.39 is 0 Å². The van der Waals surface area contributed by atoms with Gasteiger partial charge in [-0.15, -0.1) is 0 Å². The highest BCUT2D eigenvalue weighted by molar-refractivity contribution is 9.09. The van der Waals surface area contributed by atoms with Crippen LogP contribution < -0.4 is 4.90 Å². The Labute approximate surface area is 87.6 Å². The lowest BCUT2D eigenvalue weighted by Gasteiger charge is -2.10. The summed E-state index contributed by atoms with van der Waals surface area (Å²) in [5.41, 5.74) is 0. The van der Waals surface area contributed by atoms with Gasteiger partial charge in [0.2, 0.25) is 16.6 Å². The maximum atomic E-state index is 11.4. The Hall–Kier alpha value is -0.690. The number of nitrogens with one attached hydrogen (secondary N) is 2. The molecule has 7 heteroatoms. The van der Waals surface area contributed by atoms with Crippen molar-refractivity contribution < 1.29 is 4.79 Å². The van der Waals surface area contributed by atoms with Gasteiger partial charge in [0.05, 0.1) is 0 Å². The van der Waals surface area contributed by atoms with E-state index in [2.05, 4.69) is 31.1 Å². The molecule has 0 saturated carbocycles. The van der Waals surface area contributed by atoms with E-state index in [0.29, 0.717) is 23.7 Å². The number of alkyl halides is 1. The Bertz CT molecular complexity index is 386. The van der Waals surface area contributed by atoms with E-state index >= 15 is 0 Å². The van der Waals surface area contributed by atoms with Gasteiger partial charge in [-0.1, -0.05) is 15.9 Å². The average Bonchev–Trinajstić information content (AvgIpc) is 2.58. The van der Waals surface area contributed by atoms with Crippen LogP contribution in [0.4, 0.5) is 5.95 Å². The molecule has 1 fully saturated rings. The average molecular weight is 263 g/mol. The van der Waals surface area contributed by atoms with Gasteiger partial charge < -0.3 is 0 Å². The van der Waals surface area contributed by atoms with Crippen LogP contribution in [-0.2, 0) is 4.79 Å². The normalized spacial score (nSPS) is 22.7. The number of carbonyl (C=O) groups is 1. The van der Waals surface area contributed by atoms with Crippen molar-refractivity contribution >= 4 is 40.0 Å². The van der Waals surface area contributed by atoms with Crippen LogP contribution in [-0.4, -0.2) is 32.5 Å².